The fraction of sp³-hybridized carbons (Fsp3) is 0.412. The van der Waals surface area contributed by atoms with Crippen molar-refractivity contribution in [3.8, 4) is 11.4 Å². The Kier molecular flexibility index (Phi) is 4.46. The van der Waals surface area contributed by atoms with E-state index in [-0.39, 0.29) is 0 Å². The first kappa shape index (κ1) is 14.0. The van der Waals surface area contributed by atoms with Crippen LogP contribution in [0.2, 0.25) is 0 Å². The van der Waals surface area contributed by atoms with E-state index in [4.69, 9.17) is 10.7 Å². The number of rotatable bonds is 6. The lowest BCUT2D eigenvalue weighted by atomic mass is 9.82. The molecule has 4 heteroatoms. The van der Waals surface area contributed by atoms with Gasteiger partial charge in [0.2, 0.25) is 0 Å². The van der Waals surface area contributed by atoms with Crippen molar-refractivity contribution in [2.24, 2.45) is 5.73 Å². The number of benzene rings is 1. The van der Waals surface area contributed by atoms with Gasteiger partial charge in [-0.15, -0.1) is 0 Å². The highest BCUT2D eigenvalue weighted by atomic mass is 15.0. The highest BCUT2D eigenvalue weighted by molar-refractivity contribution is 5.58. The SMILES string of the molecule is NCCCNc1cnc(-c2ccccc2)nc1C1CCC1. The normalized spacial score (nSPS) is 14.7. The molecule has 3 N–H and O–H groups in total. The molecule has 1 aliphatic rings. The zero-order chi connectivity index (χ0) is 14.5. The second-order valence-corrected chi connectivity index (χ2v) is 5.56. The maximum Gasteiger partial charge on any atom is 0.159 e. The summed E-state index contributed by atoms with van der Waals surface area (Å²) in [5, 5.41) is 3.44. The van der Waals surface area contributed by atoms with Gasteiger partial charge in [0.15, 0.2) is 5.82 Å². The molecule has 1 saturated carbocycles. The van der Waals surface area contributed by atoms with E-state index in [2.05, 4.69) is 22.4 Å². The van der Waals surface area contributed by atoms with Crippen LogP contribution in [-0.2, 0) is 0 Å². The molecule has 0 radical (unpaired) electrons. The lowest BCUT2D eigenvalue weighted by Crippen LogP contribution is -2.16. The number of hydrogen-bond donors (Lipinski definition) is 2. The number of anilines is 1. The first-order valence-electron chi connectivity index (χ1n) is 7.75. The molecule has 1 aliphatic carbocycles. The van der Waals surface area contributed by atoms with Crippen molar-refractivity contribution in [1.29, 1.82) is 0 Å². The van der Waals surface area contributed by atoms with E-state index in [0.29, 0.717) is 12.5 Å². The summed E-state index contributed by atoms with van der Waals surface area (Å²) < 4.78 is 0. The van der Waals surface area contributed by atoms with Gasteiger partial charge in [0, 0.05) is 18.0 Å². The van der Waals surface area contributed by atoms with Crippen LogP contribution in [0, 0.1) is 0 Å². The van der Waals surface area contributed by atoms with E-state index in [1.165, 1.54) is 25.0 Å². The van der Waals surface area contributed by atoms with Crippen LogP contribution in [-0.4, -0.2) is 23.1 Å². The largest absolute Gasteiger partial charge is 0.382 e. The molecule has 0 unspecified atom stereocenters. The first-order chi connectivity index (χ1) is 10.4. The summed E-state index contributed by atoms with van der Waals surface area (Å²) in [7, 11) is 0. The van der Waals surface area contributed by atoms with Crippen molar-refractivity contribution in [2.75, 3.05) is 18.4 Å². The topological polar surface area (TPSA) is 63.8 Å². The van der Waals surface area contributed by atoms with Crippen molar-refractivity contribution in [2.45, 2.75) is 31.6 Å². The van der Waals surface area contributed by atoms with E-state index < -0.39 is 0 Å². The maximum absolute atomic E-state index is 5.56. The van der Waals surface area contributed by atoms with Crippen LogP contribution in [0.1, 0.15) is 37.3 Å². The van der Waals surface area contributed by atoms with Crippen molar-refractivity contribution >= 4 is 5.69 Å². The van der Waals surface area contributed by atoms with Crippen molar-refractivity contribution in [3.63, 3.8) is 0 Å². The van der Waals surface area contributed by atoms with Gasteiger partial charge in [-0.3, -0.25) is 0 Å². The van der Waals surface area contributed by atoms with Gasteiger partial charge in [0.1, 0.15) is 0 Å². The van der Waals surface area contributed by atoms with Crippen LogP contribution in [0.15, 0.2) is 36.5 Å². The molecule has 1 heterocycles. The van der Waals surface area contributed by atoms with Crippen LogP contribution < -0.4 is 11.1 Å². The Morgan fingerprint density at radius 1 is 1.19 bits per heavy atom. The zero-order valence-electron chi connectivity index (χ0n) is 12.3. The number of nitrogens with two attached hydrogens (primary N) is 1. The third-order valence-corrected chi connectivity index (χ3v) is 4.04. The summed E-state index contributed by atoms with van der Waals surface area (Å²) in [4.78, 5) is 9.36. The van der Waals surface area contributed by atoms with Gasteiger partial charge in [-0.2, -0.15) is 0 Å². The molecule has 1 fully saturated rings. The molecule has 0 atom stereocenters. The number of nitrogens with one attached hydrogen (secondary N) is 1. The summed E-state index contributed by atoms with van der Waals surface area (Å²) in [5.41, 5.74) is 8.88. The molecule has 4 nitrogen and oxygen atoms in total. The molecule has 110 valence electrons. The fourth-order valence-electron chi connectivity index (χ4n) is 2.58. The molecular weight excluding hydrogens is 260 g/mol. The summed E-state index contributed by atoms with van der Waals surface area (Å²) in [6.45, 7) is 1.58. The Balaban J connectivity index is 1.87. The zero-order valence-corrected chi connectivity index (χ0v) is 12.3. The number of nitrogens with zero attached hydrogens (tertiary/aromatic N) is 2. The maximum atomic E-state index is 5.56. The summed E-state index contributed by atoms with van der Waals surface area (Å²) in [6, 6.07) is 10.2. The summed E-state index contributed by atoms with van der Waals surface area (Å²) >= 11 is 0. The smallest absolute Gasteiger partial charge is 0.159 e. The molecule has 0 saturated heterocycles. The molecule has 1 aromatic heterocycles. The van der Waals surface area contributed by atoms with E-state index in [9.17, 15) is 0 Å². The van der Waals surface area contributed by atoms with Gasteiger partial charge in [0.25, 0.3) is 0 Å². The Labute approximate surface area is 125 Å². The average Bonchev–Trinajstić information content (AvgIpc) is 2.48. The van der Waals surface area contributed by atoms with E-state index >= 15 is 0 Å². The highest BCUT2D eigenvalue weighted by Crippen LogP contribution is 2.39. The highest BCUT2D eigenvalue weighted by Gasteiger charge is 2.24. The van der Waals surface area contributed by atoms with Crippen molar-refractivity contribution in [1.82, 2.24) is 9.97 Å². The van der Waals surface area contributed by atoms with E-state index in [1.54, 1.807) is 0 Å². The molecule has 0 aliphatic heterocycles. The standard InChI is InChI=1S/C17H22N4/c18-10-5-11-19-15-12-20-17(14-6-2-1-3-7-14)21-16(15)13-8-4-9-13/h1-3,6-7,12-13,19H,4-5,8-11,18H2. The van der Waals surface area contributed by atoms with Crippen LogP contribution >= 0.6 is 0 Å². The van der Waals surface area contributed by atoms with Gasteiger partial charge in [-0.05, 0) is 25.8 Å². The second-order valence-electron chi connectivity index (χ2n) is 5.56. The van der Waals surface area contributed by atoms with Gasteiger partial charge < -0.3 is 11.1 Å². The van der Waals surface area contributed by atoms with Crippen LogP contribution in [0.5, 0.6) is 0 Å². The molecule has 0 bridgehead atoms. The molecule has 2 aromatic rings. The third-order valence-electron chi connectivity index (χ3n) is 4.04. The Hall–Kier alpha value is -1.94. The summed E-state index contributed by atoms with van der Waals surface area (Å²) in [6.07, 6.45) is 6.66. The molecular formula is C17H22N4. The van der Waals surface area contributed by atoms with Crippen LogP contribution in [0.25, 0.3) is 11.4 Å². The second kappa shape index (κ2) is 6.68. The monoisotopic (exact) mass is 282 g/mol. The molecule has 3 rings (SSSR count). The Morgan fingerprint density at radius 2 is 2.00 bits per heavy atom. The van der Waals surface area contributed by atoms with E-state index in [0.717, 1.165) is 30.0 Å². The number of hydrogen-bond acceptors (Lipinski definition) is 4. The van der Waals surface area contributed by atoms with Crippen LogP contribution in [0.4, 0.5) is 5.69 Å². The minimum absolute atomic E-state index is 0.579. The Bertz CT molecular complexity index is 579. The van der Waals surface area contributed by atoms with Crippen molar-refractivity contribution < 1.29 is 0 Å². The summed E-state index contributed by atoms with van der Waals surface area (Å²) in [5.74, 6) is 1.40. The minimum atomic E-state index is 0.579. The predicted octanol–water partition coefficient (Wildman–Crippen LogP) is 3.17. The average molecular weight is 282 g/mol. The lowest BCUT2D eigenvalue weighted by Gasteiger charge is -2.27. The van der Waals surface area contributed by atoms with E-state index in [1.807, 2.05) is 24.4 Å². The lowest BCUT2D eigenvalue weighted by molar-refractivity contribution is 0.412. The van der Waals surface area contributed by atoms with Gasteiger partial charge in [0.05, 0.1) is 17.6 Å². The molecule has 0 spiro atoms. The molecule has 21 heavy (non-hydrogen) atoms. The van der Waals surface area contributed by atoms with Gasteiger partial charge in [-0.1, -0.05) is 36.8 Å². The first-order valence-corrected chi connectivity index (χ1v) is 7.75. The fourth-order valence-corrected chi connectivity index (χ4v) is 2.58. The Morgan fingerprint density at radius 3 is 2.67 bits per heavy atom. The quantitative estimate of drug-likeness (QED) is 0.799. The van der Waals surface area contributed by atoms with Crippen molar-refractivity contribution in [3.05, 3.63) is 42.2 Å². The van der Waals surface area contributed by atoms with Gasteiger partial charge in [-0.25, -0.2) is 9.97 Å². The minimum Gasteiger partial charge on any atom is -0.382 e. The molecule has 0 amide bonds. The number of aromatic nitrogens is 2. The predicted molar refractivity (Wildman–Crippen MR) is 86.2 cm³/mol. The van der Waals surface area contributed by atoms with Gasteiger partial charge >= 0.3 is 0 Å². The third kappa shape index (κ3) is 3.22. The van der Waals surface area contributed by atoms with Crippen LogP contribution in [0.3, 0.4) is 0 Å². The molecule has 1 aromatic carbocycles.